The summed E-state index contributed by atoms with van der Waals surface area (Å²) < 4.78 is 7.02. The highest BCUT2D eigenvalue weighted by molar-refractivity contribution is 9.10. The van der Waals surface area contributed by atoms with Crippen LogP contribution in [-0.4, -0.2) is 49.5 Å². The molecule has 3 rings (SSSR count). The molecule has 0 radical (unpaired) electrons. The van der Waals surface area contributed by atoms with E-state index in [9.17, 15) is 4.79 Å². The van der Waals surface area contributed by atoms with Crippen LogP contribution < -0.4 is 0 Å². The van der Waals surface area contributed by atoms with E-state index in [1.165, 1.54) is 5.56 Å². The second kappa shape index (κ2) is 8.13. The first-order chi connectivity index (χ1) is 12.0. The van der Waals surface area contributed by atoms with Gasteiger partial charge in [-0.1, -0.05) is 40.2 Å². The van der Waals surface area contributed by atoms with Crippen molar-refractivity contribution in [3.05, 3.63) is 69.7 Å². The van der Waals surface area contributed by atoms with Crippen molar-refractivity contribution in [1.82, 2.24) is 9.80 Å². The van der Waals surface area contributed by atoms with E-state index in [1.54, 1.807) is 19.0 Å². The van der Waals surface area contributed by atoms with Crippen molar-refractivity contribution in [3.8, 4) is 0 Å². The highest BCUT2D eigenvalue weighted by Crippen LogP contribution is 2.25. The summed E-state index contributed by atoms with van der Waals surface area (Å²) in [5.41, 5.74) is 3.09. The van der Waals surface area contributed by atoms with Gasteiger partial charge < -0.3 is 9.64 Å². The Bertz CT molecular complexity index is 731. The number of rotatable bonds is 4. The van der Waals surface area contributed by atoms with Gasteiger partial charge >= 0.3 is 0 Å². The molecule has 2 aromatic rings. The van der Waals surface area contributed by atoms with Gasteiger partial charge in [-0.25, -0.2) is 0 Å². The molecule has 25 heavy (non-hydrogen) atoms. The average molecular weight is 403 g/mol. The lowest BCUT2D eigenvalue weighted by Crippen LogP contribution is -2.37. The van der Waals surface area contributed by atoms with E-state index in [1.807, 2.05) is 30.3 Å². The third-order valence-electron chi connectivity index (χ3n) is 4.38. The van der Waals surface area contributed by atoms with Crippen molar-refractivity contribution in [2.75, 3.05) is 33.8 Å². The molecule has 1 saturated heterocycles. The van der Waals surface area contributed by atoms with Gasteiger partial charge in [0.15, 0.2) is 0 Å². The smallest absolute Gasteiger partial charge is 0.253 e. The summed E-state index contributed by atoms with van der Waals surface area (Å²) in [7, 11) is 3.56. The molecule has 5 heteroatoms. The van der Waals surface area contributed by atoms with Gasteiger partial charge in [0.2, 0.25) is 0 Å². The molecule has 0 bridgehead atoms. The molecule has 1 fully saturated rings. The fourth-order valence-electron chi connectivity index (χ4n) is 3.04. The zero-order valence-electron chi connectivity index (χ0n) is 14.6. The van der Waals surface area contributed by atoms with Crippen LogP contribution in [0.1, 0.15) is 27.6 Å². The lowest BCUT2D eigenvalue weighted by atomic mass is 10.1. The number of amides is 1. The van der Waals surface area contributed by atoms with E-state index in [2.05, 4.69) is 39.0 Å². The Hall–Kier alpha value is -1.69. The average Bonchev–Trinajstić information content (AvgIpc) is 2.62. The Morgan fingerprint density at radius 3 is 2.72 bits per heavy atom. The molecule has 1 aliphatic heterocycles. The van der Waals surface area contributed by atoms with Crippen LogP contribution >= 0.6 is 15.9 Å². The van der Waals surface area contributed by atoms with Crippen LogP contribution in [0.4, 0.5) is 0 Å². The van der Waals surface area contributed by atoms with E-state index in [0.717, 1.165) is 41.8 Å². The summed E-state index contributed by atoms with van der Waals surface area (Å²) in [5, 5.41) is 0. The summed E-state index contributed by atoms with van der Waals surface area (Å²) >= 11 is 3.47. The zero-order valence-corrected chi connectivity index (χ0v) is 16.2. The number of morpholine rings is 1. The molecule has 0 saturated carbocycles. The van der Waals surface area contributed by atoms with Gasteiger partial charge in [-0.15, -0.1) is 0 Å². The molecule has 132 valence electrons. The quantitative estimate of drug-likeness (QED) is 0.780. The minimum atomic E-state index is 0.0385. The second-order valence-corrected chi connectivity index (χ2v) is 7.46. The molecular weight excluding hydrogens is 380 g/mol. The first-order valence-electron chi connectivity index (χ1n) is 8.43. The first-order valence-corrected chi connectivity index (χ1v) is 9.22. The van der Waals surface area contributed by atoms with Gasteiger partial charge in [0.05, 0.1) is 12.7 Å². The molecule has 4 nitrogen and oxygen atoms in total. The van der Waals surface area contributed by atoms with Crippen molar-refractivity contribution in [1.29, 1.82) is 0 Å². The monoisotopic (exact) mass is 402 g/mol. The van der Waals surface area contributed by atoms with Gasteiger partial charge in [0.25, 0.3) is 5.91 Å². The van der Waals surface area contributed by atoms with Crippen molar-refractivity contribution < 1.29 is 9.53 Å². The van der Waals surface area contributed by atoms with E-state index >= 15 is 0 Å². The van der Waals surface area contributed by atoms with Crippen molar-refractivity contribution >= 4 is 21.8 Å². The highest BCUT2D eigenvalue weighted by atomic mass is 79.9. The Kier molecular flexibility index (Phi) is 5.89. The minimum Gasteiger partial charge on any atom is -0.371 e. The standard InChI is InChI=1S/C20H23BrN2O2/c1-22(2)20(24)17-5-3-4-15(12-17)13-23-10-11-25-19(14-23)16-6-8-18(21)9-7-16/h3-9,12,19H,10-11,13-14H2,1-2H3. The third-order valence-corrected chi connectivity index (χ3v) is 4.91. The molecule has 0 aromatic heterocycles. The predicted molar refractivity (Wildman–Crippen MR) is 103 cm³/mol. The molecule has 1 aliphatic rings. The Morgan fingerprint density at radius 2 is 2.00 bits per heavy atom. The molecule has 0 aliphatic carbocycles. The van der Waals surface area contributed by atoms with Crippen LogP contribution in [0.25, 0.3) is 0 Å². The highest BCUT2D eigenvalue weighted by Gasteiger charge is 2.22. The minimum absolute atomic E-state index is 0.0385. The Labute approximate surface area is 157 Å². The number of carbonyl (C=O) groups excluding carboxylic acids is 1. The maximum atomic E-state index is 12.1. The number of benzene rings is 2. The summed E-state index contributed by atoms with van der Waals surface area (Å²) in [6.07, 6.45) is 0.0911. The number of ether oxygens (including phenoxy) is 1. The topological polar surface area (TPSA) is 32.8 Å². The van der Waals surface area contributed by atoms with E-state index < -0.39 is 0 Å². The molecule has 1 amide bonds. The normalized spacial score (nSPS) is 18.1. The fourth-order valence-corrected chi connectivity index (χ4v) is 3.31. The van der Waals surface area contributed by atoms with E-state index in [4.69, 9.17) is 4.74 Å². The number of carbonyl (C=O) groups is 1. The Balaban J connectivity index is 1.67. The fraction of sp³-hybridized carbons (Fsp3) is 0.350. The maximum absolute atomic E-state index is 12.1. The SMILES string of the molecule is CN(C)C(=O)c1cccc(CN2CCOC(c3ccc(Br)cc3)C2)c1. The second-order valence-electron chi connectivity index (χ2n) is 6.55. The van der Waals surface area contributed by atoms with Crippen LogP contribution in [0.2, 0.25) is 0 Å². The van der Waals surface area contributed by atoms with Crippen LogP contribution in [0, 0.1) is 0 Å². The van der Waals surface area contributed by atoms with Gasteiger partial charge in [0, 0.05) is 43.8 Å². The first kappa shape index (κ1) is 18.1. The van der Waals surface area contributed by atoms with Crippen LogP contribution in [0.5, 0.6) is 0 Å². The van der Waals surface area contributed by atoms with Crippen LogP contribution in [0.3, 0.4) is 0 Å². The molecular formula is C20H23BrN2O2. The van der Waals surface area contributed by atoms with Gasteiger partial charge in [-0.2, -0.15) is 0 Å². The largest absolute Gasteiger partial charge is 0.371 e. The van der Waals surface area contributed by atoms with Crippen molar-refractivity contribution in [2.45, 2.75) is 12.6 Å². The van der Waals surface area contributed by atoms with E-state index in [0.29, 0.717) is 0 Å². The summed E-state index contributed by atoms with van der Waals surface area (Å²) in [4.78, 5) is 16.1. The molecule has 1 heterocycles. The van der Waals surface area contributed by atoms with Crippen molar-refractivity contribution in [3.63, 3.8) is 0 Å². The lowest BCUT2D eigenvalue weighted by Gasteiger charge is -2.33. The molecule has 0 spiro atoms. The van der Waals surface area contributed by atoms with Crippen molar-refractivity contribution in [2.24, 2.45) is 0 Å². The maximum Gasteiger partial charge on any atom is 0.253 e. The Morgan fingerprint density at radius 1 is 1.24 bits per heavy atom. The summed E-state index contributed by atoms with van der Waals surface area (Å²) in [6.45, 7) is 3.30. The van der Waals surface area contributed by atoms with Crippen LogP contribution in [-0.2, 0) is 11.3 Å². The number of nitrogens with zero attached hydrogens (tertiary/aromatic N) is 2. The number of hydrogen-bond donors (Lipinski definition) is 0. The molecule has 0 N–H and O–H groups in total. The number of halogens is 1. The van der Waals surface area contributed by atoms with E-state index in [-0.39, 0.29) is 12.0 Å². The van der Waals surface area contributed by atoms with Crippen LogP contribution in [0.15, 0.2) is 53.0 Å². The number of hydrogen-bond acceptors (Lipinski definition) is 3. The summed E-state index contributed by atoms with van der Waals surface area (Å²) in [6, 6.07) is 16.2. The predicted octanol–water partition coefficient (Wildman–Crippen LogP) is 3.72. The molecule has 1 unspecified atom stereocenters. The van der Waals surface area contributed by atoms with Gasteiger partial charge in [-0.3, -0.25) is 9.69 Å². The third kappa shape index (κ3) is 4.69. The summed E-state index contributed by atoms with van der Waals surface area (Å²) in [5.74, 6) is 0.0385. The van der Waals surface area contributed by atoms with Gasteiger partial charge in [-0.05, 0) is 35.4 Å². The van der Waals surface area contributed by atoms with Gasteiger partial charge in [0.1, 0.15) is 0 Å². The molecule has 2 aromatic carbocycles. The lowest BCUT2D eigenvalue weighted by molar-refractivity contribution is -0.0329. The molecule has 1 atom stereocenters. The zero-order chi connectivity index (χ0) is 17.8.